The van der Waals surface area contributed by atoms with E-state index >= 15 is 0 Å². The number of rotatable bonds is 3. The molecule has 0 aliphatic carbocycles. The van der Waals surface area contributed by atoms with Gasteiger partial charge < -0.3 is 10.0 Å². The Bertz CT molecular complexity index is 399. The van der Waals surface area contributed by atoms with Crippen LogP contribution in [-0.4, -0.2) is 28.2 Å². The number of halogens is 1. The number of carboxylic acid groups (broad SMARTS) is 1. The summed E-state index contributed by atoms with van der Waals surface area (Å²) >= 11 is 6.04. The molecule has 0 heterocycles. The largest absolute Gasteiger partial charge is 0.465 e. The molecule has 0 aromatic heterocycles. The molecular formula is C13H18ClNO2. The molecule has 0 aliphatic heterocycles. The highest BCUT2D eigenvalue weighted by atomic mass is 35.5. The summed E-state index contributed by atoms with van der Waals surface area (Å²) in [4.78, 5) is 12.6. The first-order valence-electron chi connectivity index (χ1n) is 5.56. The molecule has 94 valence electrons. The van der Waals surface area contributed by atoms with Gasteiger partial charge in [-0.3, -0.25) is 0 Å². The van der Waals surface area contributed by atoms with Crippen LogP contribution in [0.3, 0.4) is 0 Å². The summed E-state index contributed by atoms with van der Waals surface area (Å²) in [5.41, 5.74) is 0.581. The van der Waals surface area contributed by atoms with Crippen LogP contribution in [0.1, 0.15) is 26.3 Å². The van der Waals surface area contributed by atoms with E-state index in [9.17, 15) is 4.79 Å². The zero-order valence-corrected chi connectivity index (χ0v) is 11.2. The van der Waals surface area contributed by atoms with Crippen LogP contribution in [0.5, 0.6) is 0 Å². The lowest BCUT2D eigenvalue weighted by Gasteiger charge is -2.33. The Hall–Kier alpha value is -1.22. The minimum Gasteiger partial charge on any atom is -0.465 e. The molecule has 0 saturated heterocycles. The Labute approximate surface area is 107 Å². The molecule has 0 bridgehead atoms. The maximum Gasteiger partial charge on any atom is 0.407 e. The van der Waals surface area contributed by atoms with Crippen LogP contribution in [0.2, 0.25) is 5.02 Å². The van der Waals surface area contributed by atoms with Crippen LogP contribution < -0.4 is 0 Å². The molecule has 1 N–H and O–H groups in total. The first-order chi connectivity index (χ1) is 7.82. The highest BCUT2D eigenvalue weighted by molar-refractivity contribution is 6.31. The van der Waals surface area contributed by atoms with Gasteiger partial charge in [0.05, 0.1) is 0 Å². The zero-order valence-electron chi connectivity index (χ0n) is 10.4. The van der Waals surface area contributed by atoms with Crippen LogP contribution in [0, 0.1) is 0 Å². The van der Waals surface area contributed by atoms with Gasteiger partial charge in [0.1, 0.15) is 0 Å². The summed E-state index contributed by atoms with van der Waals surface area (Å²) < 4.78 is 0. The summed E-state index contributed by atoms with van der Waals surface area (Å²) in [6, 6.07) is 7.51. The second-order valence-electron chi connectivity index (χ2n) is 4.95. The third-order valence-electron chi connectivity index (χ3n) is 2.60. The lowest BCUT2D eigenvalue weighted by Crippen LogP contribution is -2.45. The Kier molecular flexibility index (Phi) is 4.40. The van der Waals surface area contributed by atoms with Crippen molar-refractivity contribution >= 4 is 17.7 Å². The summed E-state index contributed by atoms with van der Waals surface area (Å²) in [7, 11) is 0. The van der Waals surface area contributed by atoms with Crippen LogP contribution >= 0.6 is 11.6 Å². The lowest BCUT2D eigenvalue weighted by atomic mass is 10.1. The van der Waals surface area contributed by atoms with E-state index in [-0.39, 0.29) is 0 Å². The molecular weight excluding hydrogens is 238 g/mol. The average molecular weight is 256 g/mol. The van der Waals surface area contributed by atoms with E-state index in [1.165, 1.54) is 4.90 Å². The Balaban J connectivity index is 2.72. The van der Waals surface area contributed by atoms with Crippen LogP contribution in [0.15, 0.2) is 24.3 Å². The van der Waals surface area contributed by atoms with E-state index in [4.69, 9.17) is 16.7 Å². The Morgan fingerprint density at radius 2 is 1.94 bits per heavy atom. The van der Waals surface area contributed by atoms with Crippen molar-refractivity contribution in [3.05, 3.63) is 34.9 Å². The summed E-state index contributed by atoms with van der Waals surface area (Å²) in [5.74, 6) is 0. The summed E-state index contributed by atoms with van der Waals surface area (Å²) in [6.45, 7) is 6.09. The Morgan fingerprint density at radius 1 is 1.35 bits per heavy atom. The van der Waals surface area contributed by atoms with Gasteiger partial charge in [-0.15, -0.1) is 0 Å². The molecule has 0 fully saturated rings. The number of amides is 1. The quantitative estimate of drug-likeness (QED) is 0.895. The number of nitrogens with zero attached hydrogens (tertiary/aromatic N) is 1. The van der Waals surface area contributed by atoms with E-state index < -0.39 is 11.6 Å². The fourth-order valence-electron chi connectivity index (χ4n) is 1.65. The van der Waals surface area contributed by atoms with Gasteiger partial charge in [0, 0.05) is 17.1 Å². The SMILES string of the molecule is CC(C)(C)N(CCc1ccccc1Cl)C(=O)O. The molecule has 0 spiro atoms. The maximum atomic E-state index is 11.1. The minimum absolute atomic E-state index is 0.396. The number of hydrogen-bond acceptors (Lipinski definition) is 1. The number of hydrogen-bond donors (Lipinski definition) is 1. The molecule has 0 radical (unpaired) electrons. The average Bonchev–Trinajstić information content (AvgIpc) is 2.18. The molecule has 0 unspecified atom stereocenters. The number of benzene rings is 1. The van der Waals surface area contributed by atoms with Gasteiger partial charge in [0.25, 0.3) is 0 Å². The normalized spacial score (nSPS) is 11.3. The second-order valence-corrected chi connectivity index (χ2v) is 5.35. The van der Waals surface area contributed by atoms with Gasteiger partial charge in [-0.25, -0.2) is 4.79 Å². The van der Waals surface area contributed by atoms with Crippen molar-refractivity contribution in [2.75, 3.05) is 6.54 Å². The van der Waals surface area contributed by atoms with Gasteiger partial charge in [-0.05, 0) is 38.8 Å². The standard InChI is InChI=1S/C13H18ClNO2/c1-13(2,3)15(12(16)17)9-8-10-6-4-5-7-11(10)14/h4-7H,8-9H2,1-3H3,(H,16,17). The van der Waals surface area contributed by atoms with E-state index in [0.29, 0.717) is 18.0 Å². The van der Waals surface area contributed by atoms with Crippen LogP contribution in [0.25, 0.3) is 0 Å². The van der Waals surface area contributed by atoms with Gasteiger partial charge in [0.2, 0.25) is 0 Å². The van der Waals surface area contributed by atoms with Gasteiger partial charge in [0.15, 0.2) is 0 Å². The highest BCUT2D eigenvalue weighted by Crippen LogP contribution is 2.18. The molecule has 3 nitrogen and oxygen atoms in total. The van der Waals surface area contributed by atoms with Crippen molar-refractivity contribution in [1.29, 1.82) is 0 Å². The van der Waals surface area contributed by atoms with Crippen molar-refractivity contribution in [1.82, 2.24) is 4.90 Å². The molecule has 0 saturated carbocycles. The summed E-state index contributed by atoms with van der Waals surface area (Å²) in [6.07, 6.45) is -0.270. The molecule has 1 aromatic rings. The zero-order chi connectivity index (χ0) is 13.1. The first kappa shape index (κ1) is 13.8. The Morgan fingerprint density at radius 3 is 2.41 bits per heavy atom. The summed E-state index contributed by atoms with van der Waals surface area (Å²) in [5, 5.41) is 9.84. The van der Waals surface area contributed by atoms with Crippen molar-refractivity contribution in [2.24, 2.45) is 0 Å². The third kappa shape index (κ3) is 3.93. The highest BCUT2D eigenvalue weighted by Gasteiger charge is 2.25. The van der Waals surface area contributed by atoms with Crippen molar-refractivity contribution < 1.29 is 9.90 Å². The van der Waals surface area contributed by atoms with Crippen LogP contribution in [0.4, 0.5) is 4.79 Å². The topological polar surface area (TPSA) is 40.5 Å². The smallest absolute Gasteiger partial charge is 0.407 e. The molecule has 17 heavy (non-hydrogen) atoms. The molecule has 4 heteroatoms. The van der Waals surface area contributed by atoms with Gasteiger partial charge in [-0.2, -0.15) is 0 Å². The van der Waals surface area contributed by atoms with E-state index in [0.717, 1.165) is 5.56 Å². The fourth-order valence-corrected chi connectivity index (χ4v) is 1.88. The maximum absolute atomic E-state index is 11.1. The van der Waals surface area contributed by atoms with E-state index in [2.05, 4.69) is 0 Å². The lowest BCUT2D eigenvalue weighted by molar-refractivity contribution is 0.101. The molecule has 1 amide bonds. The monoisotopic (exact) mass is 255 g/mol. The fraction of sp³-hybridized carbons (Fsp3) is 0.462. The van der Waals surface area contributed by atoms with Gasteiger partial charge in [-0.1, -0.05) is 29.8 Å². The predicted octanol–water partition coefficient (Wildman–Crippen LogP) is 3.66. The van der Waals surface area contributed by atoms with Crippen molar-refractivity contribution in [3.8, 4) is 0 Å². The molecule has 1 aromatic carbocycles. The second kappa shape index (κ2) is 5.41. The molecule has 0 aliphatic rings. The third-order valence-corrected chi connectivity index (χ3v) is 2.97. The molecule has 0 atom stereocenters. The molecule has 1 rings (SSSR count). The minimum atomic E-state index is -0.899. The van der Waals surface area contributed by atoms with Crippen molar-refractivity contribution in [3.63, 3.8) is 0 Å². The predicted molar refractivity (Wildman–Crippen MR) is 69.6 cm³/mol. The first-order valence-corrected chi connectivity index (χ1v) is 5.94. The van der Waals surface area contributed by atoms with E-state index in [1.54, 1.807) is 0 Å². The number of carbonyl (C=O) groups is 1. The van der Waals surface area contributed by atoms with E-state index in [1.807, 2.05) is 45.0 Å². The van der Waals surface area contributed by atoms with Gasteiger partial charge >= 0.3 is 6.09 Å². The van der Waals surface area contributed by atoms with Crippen LogP contribution in [-0.2, 0) is 6.42 Å². The van der Waals surface area contributed by atoms with Crippen molar-refractivity contribution in [2.45, 2.75) is 32.7 Å².